The molecule has 6 N–H and O–H groups in total. The number of benzene rings is 4. The molecule has 0 spiro atoms. The number of anilines is 1. The number of aliphatic hydroxyl groups excluding tert-OH is 1. The third-order valence-electron chi connectivity index (χ3n) is 10.7. The Bertz CT molecular complexity index is 2280. The Morgan fingerprint density at radius 1 is 0.825 bits per heavy atom. The first-order valence-corrected chi connectivity index (χ1v) is 20.9. The molecule has 6 rings (SSSR count). The number of hydrazine groups is 1. The minimum Gasteiger partial charge on any atom is -0.445 e. The Balaban J connectivity index is 1.12. The van der Waals surface area contributed by atoms with Crippen molar-refractivity contribution in [3.8, 4) is 0 Å². The monoisotopic (exact) mass is 870 g/mol. The number of hydrogen-bond donors (Lipinski definition) is 6. The highest BCUT2D eigenvalue weighted by molar-refractivity contribution is 5.93. The number of nitrogens with one attached hydrogen (secondary N) is 5. The van der Waals surface area contributed by atoms with E-state index in [-0.39, 0.29) is 38.2 Å². The van der Waals surface area contributed by atoms with Crippen LogP contribution in [-0.2, 0) is 44.7 Å². The number of nitrogens with zero attached hydrogens (tertiary/aromatic N) is 3. The number of H-pyrrole nitrogens is 1. The number of piperazine rings is 1. The van der Waals surface area contributed by atoms with Gasteiger partial charge in [0.15, 0.2) is 0 Å². The molecule has 334 valence electrons. The van der Waals surface area contributed by atoms with E-state index in [1.807, 2.05) is 74.5 Å². The van der Waals surface area contributed by atoms with E-state index in [1.165, 1.54) is 12.4 Å². The fraction of sp³-hybridized carbons (Fsp3) is 0.370. The molecule has 2 heterocycles. The van der Waals surface area contributed by atoms with Crippen LogP contribution in [0, 0.1) is 5.92 Å². The molecule has 5 aromatic rings. The Kier molecular flexibility index (Phi) is 15.8. The van der Waals surface area contributed by atoms with Crippen LogP contribution in [0.5, 0.6) is 0 Å². The second-order valence-electron chi connectivity index (χ2n) is 16.0. The van der Waals surface area contributed by atoms with Crippen molar-refractivity contribution in [2.45, 2.75) is 76.5 Å². The number of amides is 4. The first kappa shape index (κ1) is 46.1. The van der Waals surface area contributed by atoms with Gasteiger partial charge in [-0.3, -0.25) is 19.8 Å². The van der Waals surface area contributed by atoms with Gasteiger partial charge in [0.1, 0.15) is 18.7 Å². The molecule has 1 aliphatic rings. The van der Waals surface area contributed by atoms with Crippen molar-refractivity contribution in [3.63, 3.8) is 0 Å². The first-order valence-electron chi connectivity index (χ1n) is 20.9. The number of rotatable bonds is 18. The number of carbonyl (C=O) groups is 4. The Labute approximate surface area is 363 Å². The van der Waals surface area contributed by atoms with Gasteiger partial charge in [-0.2, -0.15) is 13.2 Å². The number of aliphatic hydroxyl groups is 1. The van der Waals surface area contributed by atoms with Gasteiger partial charge < -0.3 is 35.7 Å². The molecule has 1 saturated heterocycles. The summed E-state index contributed by atoms with van der Waals surface area (Å²) in [5, 5.41) is 23.3. The van der Waals surface area contributed by atoms with Crippen LogP contribution in [-0.4, -0.2) is 94.3 Å². The second kappa shape index (κ2) is 21.6. The highest BCUT2D eigenvalue weighted by Gasteiger charge is 2.33. The zero-order valence-corrected chi connectivity index (χ0v) is 35.1. The molecule has 4 aromatic carbocycles. The number of alkyl halides is 3. The lowest BCUT2D eigenvalue weighted by Crippen LogP contribution is -2.58. The van der Waals surface area contributed by atoms with E-state index in [0.29, 0.717) is 37.6 Å². The van der Waals surface area contributed by atoms with Crippen molar-refractivity contribution in [2.75, 3.05) is 31.1 Å². The van der Waals surface area contributed by atoms with Crippen LogP contribution in [0.4, 0.5) is 23.7 Å². The average molecular weight is 871 g/mol. The Hall–Kier alpha value is -6.46. The third kappa shape index (κ3) is 13.5. The molecule has 0 bridgehead atoms. The third-order valence-corrected chi connectivity index (χ3v) is 10.7. The van der Waals surface area contributed by atoms with E-state index in [1.54, 1.807) is 34.3 Å². The maximum Gasteiger partial charge on any atom is 0.416 e. The molecule has 1 aromatic heterocycles. The summed E-state index contributed by atoms with van der Waals surface area (Å²) in [6.07, 6.45) is -3.66. The number of fused-ring (bicyclic) bond motifs is 1. The lowest BCUT2D eigenvalue weighted by Gasteiger charge is -2.36. The standard InChI is InChI=1S/C46H53F3N8O6/c1-30(2)22-38(41(58)26-42(59)55-57-20-18-56(19-21-57)36-16-9-15-34(24-36)46(47,48)49)52-44(61)40(25-35-27-50-29-51-35)53-43(60)39(54-45(62)63-28-31-10-4-3-5-11-31)23-33-14-8-13-32-12-6-7-17-37(32)33/h3-17,24,27,29-30,38-41,58H,18-23,25-26,28H2,1-2H3,(H,50,51)(H,52,61)(H,53,60)(H,54,62)(H,55,59)/t38-,39-,40-,41-/m0/s1. The van der Waals surface area contributed by atoms with Crippen LogP contribution < -0.4 is 26.3 Å². The Morgan fingerprint density at radius 3 is 2.22 bits per heavy atom. The van der Waals surface area contributed by atoms with E-state index in [9.17, 15) is 37.5 Å². The topological polar surface area (TPSA) is 181 Å². The van der Waals surface area contributed by atoms with Crippen molar-refractivity contribution in [2.24, 2.45) is 5.92 Å². The van der Waals surface area contributed by atoms with Crippen LogP contribution in [0.2, 0.25) is 0 Å². The summed E-state index contributed by atoms with van der Waals surface area (Å²) in [6, 6.07) is 24.2. The van der Waals surface area contributed by atoms with Gasteiger partial charge in [0.05, 0.1) is 36.2 Å². The van der Waals surface area contributed by atoms with Gasteiger partial charge in [-0.05, 0) is 52.4 Å². The molecule has 14 nitrogen and oxygen atoms in total. The van der Waals surface area contributed by atoms with Crippen LogP contribution in [0.1, 0.15) is 49.1 Å². The van der Waals surface area contributed by atoms with Gasteiger partial charge >= 0.3 is 12.3 Å². The van der Waals surface area contributed by atoms with E-state index in [4.69, 9.17) is 4.74 Å². The quantitative estimate of drug-likeness (QED) is 0.0683. The SMILES string of the molecule is CC(C)C[C@H](NC(=O)[C@H](Cc1c[nH]cn1)NC(=O)[C@H](Cc1cccc2ccccc12)NC(=O)OCc1ccccc1)[C@@H](O)CC(=O)NN1CCN(c2cccc(C(F)(F)F)c2)CC1. The molecule has 0 unspecified atom stereocenters. The van der Waals surface area contributed by atoms with Crippen LogP contribution in [0.15, 0.2) is 110 Å². The van der Waals surface area contributed by atoms with Gasteiger partial charge in [0.25, 0.3) is 0 Å². The second-order valence-corrected chi connectivity index (χ2v) is 16.0. The summed E-state index contributed by atoms with van der Waals surface area (Å²) in [5.74, 6) is -1.84. The lowest BCUT2D eigenvalue weighted by molar-refractivity contribution is -0.137. The number of carbonyl (C=O) groups excluding carboxylic acids is 4. The molecule has 1 fully saturated rings. The van der Waals surface area contributed by atoms with Crippen molar-refractivity contribution in [1.82, 2.24) is 36.4 Å². The van der Waals surface area contributed by atoms with Crippen LogP contribution in [0.25, 0.3) is 10.8 Å². The summed E-state index contributed by atoms with van der Waals surface area (Å²) >= 11 is 0. The number of aromatic amines is 1. The predicted octanol–water partition coefficient (Wildman–Crippen LogP) is 5.28. The molecule has 4 atom stereocenters. The summed E-state index contributed by atoms with van der Waals surface area (Å²) in [4.78, 5) is 63.8. The van der Waals surface area contributed by atoms with E-state index in [2.05, 4.69) is 31.3 Å². The summed E-state index contributed by atoms with van der Waals surface area (Å²) < 4.78 is 45.4. The van der Waals surface area contributed by atoms with Gasteiger partial charge in [-0.1, -0.05) is 92.7 Å². The normalized spacial score (nSPS) is 15.3. The zero-order valence-electron chi connectivity index (χ0n) is 35.1. The van der Waals surface area contributed by atoms with E-state index >= 15 is 0 Å². The van der Waals surface area contributed by atoms with Crippen molar-refractivity contribution in [3.05, 3.63) is 132 Å². The Morgan fingerprint density at radius 2 is 1.51 bits per heavy atom. The number of halogens is 3. The first-order chi connectivity index (χ1) is 30.2. The van der Waals surface area contributed by atoms with Crippen LogP contribution in [0.3, 0.4) is 0 Å². The van der Waals surface area contributed by atoms with E-state index in [0.717, 1.165) is 34.0 Å². The molecule has 0 radical (unpaired) electrons. The maximum atomic E-state index is 14.3. The summed E-state index contributed by atoms with van der Waals surface area (Å²) in [7, 11) is 0. The fourth-order valence-corrected chi connectivity index (χ4v) is 7.51. The zero-order chi connectivity index (χ0) is 44.9. The van der Waals surface area contributed by atoms with Crippen LogP contribution >= 0.6 is 0 Å². The maximum absolute atomic E-state index is 14.3. The van der Waals surface area contributed by atoms with Gasteiger partial charge in [-0.15, -0.1) is 0 Å². The average Bonchev–Trinajstić information content (AvgIpc) is 3.78. The van der Waals surface area contributed by atoms with Gasteiger partial charge in [0.2, 0.25) is 17.7 Å². The summed E-state index contributed by atoms with van der Waals surface area (Å²) in [6.45, 7) is 5.12. The predicted molar refractivity (Wildman–Crippen MR) is 231 cm³/mol. The smallest absolute Gasteiger partial charge is 0.416 e. The van der Waals surface area contributed by atoms with E-state index < -0.39 is 59.8 Å². The number of hydrogen-bond acceptors (Lipinski definition) is 9. The highest BCUT2D eigenvalue weighted by Crippen LogP contribution is 2.32. The van der Waals surface area contributed by atoms with Crippen molar-refractivity contribution >= 4 is 40.3 Å². The summed E-state index contributed by atoms with van der Waals surface area (Å²) in [5.41, 5.74) is 4.46. The molecule has 17 heteroatoms. The molecular weight excluding hydrogens is 818 g/mol. The molecule has 0 aliphatic carbocycles. The number of ether oxygens (including phenoxy) is 1. The number of imidazole rings is 1. The highest BCUT2D eigenvalue weighted by atomic mass is 19.4. The molecule has 4 amide bonds. The molecular formula is C46H53F3N8O6. The minimum atomic E-state index is -4.46. The van der Waals surface area contributed by atoms with Crippen molar-refractivity contribution < 1.29 is 42.2 Å². The fourth-order valence-electron chi connectivity index (χ4n) is 7.51. The molecule has 1 aliphatic heterocycles. The molecule has 63 heavy (non-hydrogen) atoms. The van der Waals surface area contributed by atoms with Gasteiger partial charge in [0, 0.05) is 50.9 Å². The van der Waals surface area contributed by atoms with Gasteiger partial charge in [-0.25, -0.2) is 14.8 Å². The number of aromatic nitrogens is 2. The minimum absolute atomic E-state index is 0.0208. The number of alkyl carbamates (subject to hydrolysis) is 1. The lowest BCUT2D eigenvalue weighted by atomic mass is 9.96. The largest absolute Gasteiger partial charge is 0.445 e. The molecule has 0 saturated carbocycles. The van der Waals surface area contributed by atoms with Crippen molar-refractivity contribution in [1.29, 1.82) is 0 Å².